The number of anilines is 1. The van der Waals surface area contributed by atoms with Crippen LogP contribution < -0.4 is 10.1 Å². The average molecular weight is 358 g/mol. The summed E-state index contributed by atoms with van der Waals surface area (Å²) in [5.74, 6) is -0.648. The molecule has 128 valence electrons. The lowest BCUT2D eigenvalue weighted by molar-refractivity contribution is -0.121. The molecule has 1 heterocycles. The third kappa shape index (κ3) is 4.67. The molecule has 1 aliphatic heterocycles. The van der Waals surface area contributed by atoms with E-state index in [4.69, 9.17) is 4.74 Å². The largest absolute Gasteiger partial charge is 0.487 e. The number of nitrogens with one attached hydrogen (secondary N) is 1. The first-order valence-electron chi connectivity index (χ1n) is 7.62. The van der Waals surface area contributed by atoms with Crippen LogP contribution in [0.4, 0.5) is 10.1 Å². The summed E-state index contributed by atoms with van der Waals surface area (Å²) in [6, 6.07) is 15.1. The van der Waals surface area contributed by atoms with E-state index >= 15 is 0 Å². The molecule has 3 rings (SSSR count). The molecule has 2 aromatic carbocycles. The summed E-state index contributed by atoms with van der Waals surface area (Å²) in [7, 11) is 0. The number of nitrogens with zero attached hydrogens (tertiary/aromatic N) is 1. The van der Waals surface area contributed by atoms with Crippen molar-refractivity contribution in [3.8, 4) is 5.75 Å². The number of rotatable bonds is 6. The van der Waals surface area contributed by atoms with E-state index in [9.17, 15) is 14.0 Å². The molecule has 7 heteroatoms. The van der Waals surface area contributed by atoms with Gasteiger partial charge in [-0.2, -0.15) is 0 Å². The zero-order valence-corrected chi connectivity index (χ0v) is 14.0. The number of thioether (sulfide) groups is 1. The van der Waals surface area contributed by atoms with Crippen LogP contribution in [0.5, 0.6) is 5.75 Å². The molecule has 0 spiro atoms. The number of carbonyl (C=O) groups is 2. The van der Waals surface area contributed by atoms with Gasteiger partial charge in [0.15, 0.2) is 0 Å². The second-order valence-corrected chi connectivity index (χ2v) is 6.56. The number of aliphatic imine (C=N–C) groups is 1. The Balaban J connectivity index is 1.50. The molecule has 0 saturated carbocycles. The Labute approximate surface area is 148 Å². The summed E-state index contributed by atoms with van der Waals surface area (Å²) < 4.78 is 19.1. The van der Waals surface area contributed by atoms with E-state index < -0.39 is 17.0 Å². The molecule has 1 atom stereocenters. The maximum atomic E-state index is 13.5. The highest BCUT2D eigenvalue weighted by atomic mass is 32.2. The Morgan fingerprint density at radius 1 is 1.16 bits per heavy atom. The first-order chi connectivity index (χ1) is 12.1. The number of carbonyl (C=O) groups excluding carboxylic acids is 2. The average Bonchev–Trinajstić information content (AvgIpc) is 2.96. The maximum Gasteiger partial charge on any atom is 0.260 e. The summed E-state index contributed by atoms with van der Waals surface area (Å²) in [6.07, 6.45) is -0.0732. The molecule has 0 aliphatic carbocycles. The quantitative estimate of drug-likeness (QED) is 0.861. The molecule has 0 unspecified atom stereocenters. The van der Waals surface area contributed by atoms with Crippen molar-refractivity contribution in [3.63, 3.8) is 0 Å². The summed E-state index contributed by atoms with van der Waals surface area (Å²) in [5.41, 5.74) is 0.0940. The normalized spacial score (nSPS) is 16.4. The third-order valence-corrected chi connectivity index (χ3v) is 4.55. The van der Waals surface area contributed by atoms with E-state index in [0.29, 0.717) is 10.8 Å². The fourth-order valence-corrected chi connectivity index (χ4v) is 3.21. The summed E-state index contributed by atoms with van der Waals surface area (Å²) in [6.45, 7) is 0.172. The molecule has 0 fully saturated rings. The number of para-hydroxylation sites is 2. The molecule has 0 radical (unpaired) electrons. The predicted molar refractivity (Wildman–Crippen MR) is 95.4 cm³/mol. The van der Waals surface area contributed by atoms with Crippen molar-refractivity contribution < 1.29 is 18.7 Å². The number of hydrogen-bond donors (Lipinski definition) is 1. The number of benzene rings is 2. The van der Waals surface area contributed by atoms with Crippen LogP contribution in [-0.2, 0) is 9.59 Å². The van der Waals surface area contributed by atoms with E-state index in [1.807, 2.05) is 18.2 Å². The zero-order chi connectivity index (χ0) is 17.6. The van der Waals surface area contributed by atoms with Gasteiger partial charge in [0.25, 0.3) is 5.91 Å². The Hall–Kier alpha value is -2.67. The van der Waals surface area contributed by atoms with Crippen molar-refractivity contribution in [3.05, 3.63) is 60.4 Å². The highest BCUT2D eigenvalue weighted by Crippen LogP contribution is 2.26. The summed E-state index contributed by atoms with van der Waals surface area (Å²) >= 11 is 1.20. The summed E-state index contributed by atoms with van der Waals surface area (Å²) in [4.78, 5) is 27.9. The van der Waals surface area contributed by atoms with Gasteiger partial charge in [-0.1, -0.05) is 42.1 Å². The topological polar surface area (TPSA) is 67.8 Å². The molecule has 1 N–H and O–H groups in total. The first-order valence-corrected chi connectivity index (χ1v) is 8.50. The van der Waals surface area contributed by atoms with Crippen LogP contribution in [0.1, 0.15) is 6.42 Å². The number of halogens is 1. The lowest BCUT2D eigenvalue weighted by Crippen LogP contribution is -2.22. The Kier molecular flexibility index (Phi) is 5.45. The Morgan fingerprint density at radius 3 is 2.64 bits per heavy atom. The SMILES string of the molecule is O=C(C[C@H]1SC(COc2ccccc2)=NC1=O)Nc1ccccc1F. The van der Waals surface area contributed by atoms with E-state index in [0.717, 1.165) is 0 Å². The Morgan fingerprint density at radius 2 is 1.88 bits per heavy atom. The van der Waals surface area contributed by atoms with Gasteiger partial charge in [-0.05, 0) is 24.3 Å². The van der Waals surface area contributed by atoms with Gasteiger partial charge in [-0.3, -0.25) is 9.59 Å². The molecular weight excluding hydrogens is 343 g/mol. The van der Waals surface area contributed by atoms with E-state index in [2.05, 4.69) is 10.3 Å². The van der Waals surface area contributed by atoms with Crippen LogP contribution in [0, 0.1) is 5.82 Å². The van der Waals surface area contributed by atoms with Crippen LogP contribution in [0.15, 0.2) is 59.6 Å². The van der Waals surface area contributed by atoms with Gasteiger partial charge in [0.1, 0.15) is 28.5 Å². The van der Waals surface area contributed by atoms with Crippen LogP contribution in [0.3, 0.4) is 0 Å². The number of amides is 2. The van der Waals surface area contributed by atoms with Crippen molar-refractivity contribution in [1.82, 2.24) is 0 Å². The Bertz CT molecular complexity index is 811. The van der Waals surface area contributed by atoms with Crippen molar-refractivity contribution in [1.29, 1.82) is 0 Å². The third-order valence-electron chi connectivity index (χ3n) is 3.41. The lowest BCUT2D eigenvalue weighted by atomic mass is 10.2. The summed E-state index contributed by atoms with van der Waals surface area (Å²) in [5, 5.41) is 2.38. The smallest absolute Gasteiger partial charge is 0.260 e. The lowest BCUT2D eigenvalue weighted by Gasteiger charge is -2.09. The molecule has 0 aromatic heterocycles. The minimum absolute atomic E-state index is 0.0732. The molecule has 2 amide bonds. The van der Waals surface area contributed by atoms with Crippen LogP contribution in [0.2, 0.25) is 0 Å². The van der Waals surface area contributed by atoms with Gasteiger partial charge in [0, 0.05) is 6.42 Å². The molecule has 0 saturated heterocycles. The monoisotopic (exact) mass is 358 g/mol. The van der Waals surface area contributed by atoms with Gasteiger partial charge < -0.3 is 10.1 Å². The molecule has 5 nitrogen and oxygen atoms in total. The minimum atomic E-state index is -0.610. The van der Waals surface area contributed by atoms with E-state index in [1.54, 1.807) is 18.2 Å². The second kappa shape index (κ2) is 7.94. The molecule has 25 heavy (non-hydrogen) atoms. The van der Waals surface area contributed by atoms with E-state index in [1.165, 1.54) is 30.0 Å². The first kappa shape index (κ1) is 17.2. The molecular formula is C18H15FN2O3S. The fourth-order valence-electron chi connectivity index (χ4n) is 2.23. The van der Waals surface area contributed by atoms with Crippen molar-refractivity contribution in [2.24, 2.45) is 4.99 Å². The van der Waals surface area contributed by atoms with Crippen molar-refractivity contribution in [2.45, 2.75) is 11.7 Å². The molecule has 2 aromatic rings. The van der Waals surface area contributed by atoms with Crippen LogP contribution in [-0.4, -0.2) is 28.7 Å². The number of hydrogen-bond acceptors (Lipinski definition) is 4. The molecule has 0 bridgehead atoms. The van der Waals surface area contributed by atoms with Gasteiger partial charge in [-0.25, -0.2) is 9.38 Å². The van der Waals surface area contributed by atoms with Gasteiger partial charge in [-0.15, -0.1) is 0 Å². The van der Waals surface area contributed by atoms with Gasteiger partial charge in [0.2, 0.25) is 5.91 Å². The highest BCUT2D eigenvalue weighted by Gasteiger charge is 2.30. The number of ether oxygens (including phenoxy) is 1. The van der Waals surface area contributed by atoms with Crippen molar-refractivity contribution >= 4 is 34.3 Å². The van der Waals surface area contributed by atoms with Crippen LogP contribution in [0.25, 0.3) is 0 Å². The van der Waals surface area contributed by atoms with Gasteiger partial charge >= 0.3 is 0 Å². The van der Waals surface area contributed by atoms with Crippen LogP contribution >= 0.6 is 11.8 Å². The van der Waals surface area contributed by atoms with Gasteiger partial charge in [0.05, 0.1) is 5.69 Å². The molecule has 1 aliphatic rings. The van der Waals surface area contributed by atoms with Crippen molar-refractivity contribution in [2.75, 3.05) is 11.9 Å². The minimum Gasteiger partial charge on any atom is -0.487 e. The maximum absolute atomic E-state index is 13.5. The standard InChI is InChI=1S/C18H15FN2O3S/c19-13-8-4-5-9-14(13)20-16(22)10-15-18(23)21-17(25-15)11-24-12-6-2-1-3-7-12/h1-9,15H,10-11H2,(H,20,22)/t15-/m1/s1. The second-order valence-electron chi connectivity index (χ2n) is 5.28. The fraction of sp³-hybridized carbons (Fsp3) is 0.167. The van der Waals surface area contributed by atoms with E-state index in [-0.39, 0.29) is 24.6 Å². The highest BCUT2D eigenvalue weighted by molar-refractivity contribution is 8.15. The predicted octanol–water partition coefficient (Wildman–Crippen LogP) is 3.27. The zero-order valence-electron chi connectivity index (χ0n) is 13.1.